The third kappa shape index (κ3) is 3.59. The zero-order valence-electron chi connectivity index (χ0n) is 14.8. The summed E-state index contributed by atoms with van der Waals surface area (Å²) in [7, 11) is 1.54. The number of hydrazine groups is 1. The molecule has 3 rings (SSSR count). The Labute approximate surface area is 161 Å². The number of ether oxygens (including phenoxy) is 1. The highest BCUT2D eigenvalue weighted by Gasteiger charge is 2.50. The number of imide groups is 1. The van der Waals surface area contributed by atoms with Crippen LogP contribution in [0.2, 0.25) is 5.02 Å². The number of nitrogens with zero attached hydrogens (tertiary/aromatic N) is 1. The van der Waals surface area contributed by atoms with Gasteiger partial charge in [-0.05, 0) is 36.2 Å². The molecule has 1 saturated heterocycles. The van der Waals surface area contributed by atoms with E-state index in [1.807, 2.05) is 0 Å². The molecule has 2 aromatic carbocycles. The van der Waals surface area contributed by atoms with Crippen molar-refractivity contribution in [2.24, 2.45) is 0 Å². The van der Waals surface area contributed by atoms with E-state index in [9.17, 15) is 14.4 Å². The highest BCUT2D eigenvalue weighted by atomic mass is 35.5. The molecule has 7 nitrogen and oxygen atoms in total. The van der Waals surface area contributed by atoms with Gasteiger partial charge in [0.2, 0.25) is 5.91 Å². The number of methoxy groups -OCH3 is 1. The molecule has 0 bridgehead atoms. The molecule has 140 valence electrons. The van der Waals surface area contributed by atoms with Gasteiger partial charge in [0.15, 0.2) is 0 Å². The number of nitrogens with one attached hydrogen (secondary N) is 2. The van der Waals surface area contributed by atoms with E-state index in [-0.39, 0.29) is 6.42 Å². The second-order valence-corrected chi connectivity index (χ2v) is 6.63. The molecular formula is C19H18ClN3O4. The largest absolute Gasteiger partial charge is 0.497 e. The predicted molar refractivity (Wildman–Crippen MR) is 99.0 cm³/mol. The lowest BCUT2D eigenvalue weighted by molar-refractivity contribution is -0.138. The first-order valence-corrected chi connectivity index (χ1v) is 8.57. The molecule has 1 fully saturated rings. The number of halogens is 1. The summed E-state index contributed by atoms with van der Waals surface area (Å²) in [6.07, 6.45) is -0.0595. The molecule has 2 aromatic rings. The van der Waals surface area contributed by atoms with Crippen LogP contribution in [0.1, 0.15) is 18.1 Å². The number of carbonyl (C=O) groups is 3. The lowest BCUT2D eigenvalue weighted by Gasteiger charge is -2.22. The molecule has 0 spiro atoms. The van der Waals surface area contributed by atoms with Crippen molar-refractivity contribution >= 4 is 29.4 Å². The van der Waals surface area contributed by atoms with E-state index in [0.717, 1.165) is 0 Å². The fourth-order valence-corrected chi connectivity index (χ4v) is 3.04. The van der Waals surface area contributed by atoms with Crippen LogP contribution in [0.25, 0.3) is 0 Å². The van der Waals surface area contributed by atoms with Crippen molar-refractivity contribution in [3.63, 3.8) is 0 Å². The molecule has 27 heavy (non-hydrogen) atoms. The van der Waals surface area contributed by atoms with E-state index in [1.165, 1.54) is 7.11 Å². The Morgan fingerprint density at radius 1 is 1.19 bits per heavy atom. The van der Waals surface area contributed by atoms with Gasteiger partial charge in [-0.15, -0.1) is 0 Å². The zero-order chi connectivity index (χ0) is 19.6. The fourth-order valence-electron chi connectivity index (χ4n) is 2.84. The molecule has 2 N–H and O–H groups in total. The minimum atomic E-state index is -1.29. The molecule has 1 heterocycles. The van der Waals surface area contributed by atoms with E-state index in [2.05, 4.69) is 10.7 Å². The molecule has 0 aliphatic carbocycles. The summed E-state index contributed by atoms with van der Waals surface area (Å²) in [6, 6.07) is 12.9. The number of carbonyl (C=O) groups excluding carboxylic acids is 3. The first-order chi connectivity index (χ1) is 12.8. The first kappa shape index (κ1) is 18.7. The number of amides is 4. The summed E-state index contributed by atoms with van der Waals surface area (Å²) >= 11 is 6.04. The van der Waals surface area contributed by atoms with Crippen LogP contribution in [0.15, 0.2) is 48.5 Å². The third-order valence-corrected chi connectivity index (χ3v) is 4.77. The molecule has 0 radical (unpaired) electrons. The molecular weight excluding hydrogens is 370 g/mol. The lowest BCUT2D eigenvalue weighted by Crippen LogP contribution is -2.48. The molecule has 8 heteroatoms. The molecule has 0 unspecified atom stereocenters. The SMILES string of the molecule is COc1ccc([C@@]2(C)NC(=O)N(NC(=O)Cc3ccccc3Cl)C2=O)cc1. The molecule has 1 aliphatic rings. The second kappa shape index (κ2) is 7.28. The van der Waals surface area contributed by atoms with Crippen molar-refractivity contribution in [2.75, 3.05) is 7.11 Å². The summed E-state index contributed by atoms with van der Waals surface area (Å²) in [5.41, 5.74) is 2.23. The van der Waals surface area contributed by atoms with Crippen molar-refractivity contribution in [2.45, 2.75) is 18.9 Å². The average molecular weight is 388 g/mol. The monoisotopic (exact) mass is 387 g/mol. The normalized spacial score (nSPS) is 19.0. The molecule has 0 aromatic heterocycles. The number of rotatable bonds is 5. The van der Waals surface area contributed by atoms with Gasteiger partial charge in [-0.3, -0.25) is 15.0 Å². The lowest BCUT2D eigenvalue weighted by atomic mass is 9.92. The van der Waals surface area contributed by atoms with Crippen molar-refractivity contribution in [3.8, 4) is 5.75 Å². The standard InChI is InChI=1S/C19H18ClN3O4/c1-19(13-7-9-14(27-2)10-8-13)17(25)23(18(26)21-19)22-16(24)11-12-5-3-4-6-15(12)20/h3-10H,11H2,1-2H3,(H,21,26)(H,22,24)/t19-/m1/s1. The molecule has 1 atom stereocenters. The Hall–Kier alpha value is -3.06. The molecule has 4 amide bonds. The van der Waals surface area contributed by atoms with Gasteiger partial charge >= 0.3 is 6.03 Å². The van der Waals surface area contributed by atoms with Gasteiger partial charge in [-0.1, -0.05) is 41.9 Å². The van der Waals surface area contributed by atoms with E-state index in [1.54, 1.807) is 55.5 Å². The summed E-state index contributed by atoms with van der Waals surface area (Å²) in [5, 5.41) is 3.76. The maximum atomic E-state index is 12.8. The van der Waals surface area contributed by atoms with Gasteiger partial charge in [0.05, 0.1) is 13.5 Å². The van der Waals surface area contributed by atoms with Crippen LogP contribution in [0.4, 0.5) is 4.79 Å². The number of hydrogen-bond acceptors (Lipinski definition) is 4. The van der Waals surface area contributed by atoms with Gasteiger partial charge in [-0.25, -0.2) is 4.79 Å². The van der Waals surface area contributed by atoms with E-state index in [0.29, 0.717) is 26.9 Å². The van der Waals surface area contributed by atoms with Crippen LogP contribution < -0.4 is 15.5 Å². The Kier molecular flexibility index (Phi) is 5.05. The van der Waals surface area contributed by atoms with Crippen LogP contribution in [0, 0.1) is 0 Å². The highest BCUT2D eigenvalue weighted by Crippen LogP contribution is 2.29. The van der Waals surface area contributed by atoms with Crippen LogP contribution >= 0.6 is 11.6 Å². The minimum absolute atomic E-state index is 0.0595. The van der Waals surface area contributed by atoms with Gasteiger partial charge < -0.3 is 10.1 Å². The van der Waals surface area contributed by atoms with E-state index < -0.39 is 23.4 Å². The fraction of sp³-hybridized carbons (Fsp3) is 0.211. The second-order valence-electron chi connectivity index (χ2n) is 6.23. The maximum absolute atomic E-state index is 12.8. The Morgan fingerprint density at radius 2 is 1.85 bits per heavy atom. The quantitative estimate of drug-likeness (QED) is 0.771. The van der Waals surface area contributed by atoms with Crippen LogP contribution in [0.3, 0.4) is 0 Å². The minimum Gasteiger partial charge on any atom is -0.497 e. The highest BCUT2D eigenvalue weighted by molar-refractivity contribution is 6.31. The summed E-state index contributed by atoms with van der Waals surface area (Å²) in [6.45, 7) is 1.58. The summed E-state index contributed by atoms with van der Waals surface area (Å²) in [5.74, 6) is -0.472. The Bertz CT molecular complexity index is 900. The Morgan fingerprint density at radius 3 is 2.48 bits per heavy atom. The van der Waals surface area contributed by atoms with Gasteiger partial charge in [0.1, 0.15) is 11.3 Å². The smallest absolute Gasteiger partial charge is 0.344 e. The van der Waals surface area contributed by atoms with Crippen molar-refractivity contribution in [3.05, 3.63) is 64.7 Å². The van der Waals surface area contributed by atoms with Gasteiger partial charge in [0, 0.05) is 5.02 Å². The molecule has 0 saturated carbocycles. The first-order valence-electron chi connectivity index (χ1n) is 8.19. The van der Waals surface area contributed by atoms with Gasteiger partial charge in [0.25, 0.3) is 5.91 Å². The maximum Gasteiger partial charge on any atom is 0.344 e. The third-order valence-electron chi connectivity index (χ3n) is 4.40. The van der Waals surface area contributed by atoms with Crippen molar-refractivity contribution < 1.29 is 19.1 Å². The molecule has 1 aliphatic heterocycles. The van der Waals surface area contributed by atoms with Crippen molar-refractivity contribution in [1.82, 2.24) is 15.8 Å². The van der Waals surface area contributed by atoms with Gasteiger partial charge in [-0.2, -0.15) is 5.01 Å². The van der Waals surface area contributed by atoms with Crippen LogP contribution in [-0.2, 0) is 21.5 Å². The van der Waals surface area contributed by atoms with Crippen LogP contribution in [0.5, 0.6) is 5.75 Å². The Balaban J connectivity index is 1.75. The van der Waals surface area contributed by atoms with Crippen molar-refractivity contribution in [1.29, 1.82) is 0 Å². The number of hydrogen-bond donors (Lipinski definition) is 2. The summed E-state index contributed by atoms with van der Waals surface area (Å²) in [4.78, 5) is 37.4. The van der Waals surface area contributed by atoms with Crippen LogP contribution in [-0.4, -0.2) is 30.0 Å². The number of urea groups is 1. The average Bonchev–Trinajstić information content (AvgIpc) is 2.88. The topological polar surface area (TPSA) is 87.7 Å². The summed E-state index contributed by atoms with van der Waals surface area (Å²) < 4.78 is 5.10. The van der Waals surface area contributed by atoms with E-state index in [4.69, 9.17) is 16.3 Å². The number of benzene rings is 2. The van der Waals surface area contributed by atoms with E-state index >= 15 is 0 Å². The predicted octanol–water partition coefficient (Wildman–Crippen LogP) is 2.39. The zero-order valence-corrected chi connectivity index (χ0v) is 15.5.